The third-order valence-electron chi connectivity index (χ3n) is 7.64. The number of aromatic nitrogens is 3. The number of likely N-dealkylation sites (tertiary alicyclic amines) is 1. The largest absolute Gasteiger partial charge is 0.354 e. The number of anilines is 1. The molecule has 1 saturated heterocycles. The van der Waals surface area contributed by atoms with Crippen LogP contribution in [0.15, 0.2) is 47.4 Å². The van der Waals surface area contributed by atoms with E-state index in [9.17, 15) is 4.79 Å². The molecule has 0 amide bonds. The first-order valence-electron chi connectivity index (χ1n) is 13.1. The second-order valence-corrected chi connectivity index (χ2v) is 10.0. The van der Waals surface area contributed by atoms with Crippen LogP contribution in [0.3, 0.4) is 0 Å². The number of nitrogens with one attached hydrogen (secondary N) is 1. The lowest BCUT2D eigenvalue weighted by molar-refractivity contribution is 0.228. The Bertz CT molecular complexity index is 1150. The summed E-state index contributed by atoms with van der Waals surface area (Å²) in [5.74, 6) is 0.652. The first-order chi connectivity index (χ1) is 16.7. The van der Waals surface area contributed by atoms with E-state index >= 15 is 0 Å². The summed E-state index contributed by atoms with van der Waals surface area (Å²) in [6, 6.07) is 12.5. The Morgan fingerprint density at radius 3 is 2.59 bits per heavy atom. The van der Waals surface area contributed by atoms with Gasteiger partial charge >= 0.3 is 0 Å². The Labute approximate surface area is 202 Å². The van der Waals surface area contributed by atoms with Gasteiger partial charge in [0.25, 0.3) is 5.56 Å². The van der Waals surface area contributed by atoms with E-state index < -0.39 is 0 Å². The lowest BCUT2D eigenvalue weighted by Crippen LogP contribution is -2.31. The van der Waals surface area contributed by atoms with Crippen LogP contribution in [0, 0.1) is 0 Å². The van der Waals surface area contributed by atoms with Gasteiger partial charge in [-0.15, -0.1) is 0 Å². The number of nitrogens with zero attached hydrogens (tertiary/aromatic N) is 4. The van der Waals surface area contributed by atoms with Crippen LogP contribution in [0.5, 0.6) is 0 Å². The van der Waals surface area contributed by atoms with Gasteiger partial charge < -0.3 is 10.2 Å². The zero-order valence-corrected chi connectivity index (χ0v) is 20.4. The topological polar surface area (TPSA) is 63.1 Å². The molecule has 34 heavy (non-hydrogen) atoms. The Balaban J connectivity index is 1.41. The Morgan fingerprint density at radius 2 is 1.82 bits per heavy atom. The zero-order valence-electron chi connectivity index (χ0n) is 20.4. The van der Waals surface area contributed by atoms with Gasteiger partial charge in [-0.25, -0.2) is 4.98 Å². The molecule has 1 aromatic carbocycles. The van der Waals surface area contributed by atoms with E-state index in [1.807, 2.05) is 35.0 Å². The van der Waals surface area contributed by atoms with Crippen molar-refractivity contribution in [2.75, 3.05) is 31.5 Å². The molecule has 0 radical (unpaired) electrons. The van der Waals surface area contributed by atoms with Crippen LogP contribution in [0.1, 0.15) is 81.4 Å². The quantitative estimate of drug-likeness (QED) is 0.460. The van der Waals surface area contributed by atoms with E-state index in [0.717, 1.165) is 54.5 Å². The molecule has 1 saturated carbocycles. The molecule has 180 valence electrons. The minimum Gasteiger partial charge on any atom is -0.354 e. The Kier molecular flexibility index (Phi) is 7.24. The van der Waals surface area contributed by atoms with E-state index in [2.05, 4.69) is 34.3 Å². The molecule has 1 unspecified atom stereocenters. The van der Waals surface area contributed by atoms with Crippen molar-refractivity contribution in [1.29, 1.82) is 0 Å². The molecular weight excluding hydrogens is 422 g/mol. The van der Waals surface area contributed by atoms with Crippen LogP contribution in [0.25, 0.3) is 11.0 Å². The molecule has 2 aromatic heterocycles. The highest BCUT2D eigenvalue weighted by Gasteiger charge is 2.24. The molecule has 0 bridgehead atoms. The highest BCUT2D eigenvalue weighted by molar-refractivity contribution is 5.76. The standard InChI is InChI=1S/C28H37N5O/c1-21(22-11-4-2-5-12-22)25-19-23-20-30-28(29-15-10-18-32-16-8-3-9-17-32)31-26(23)33(27(25)34)24-13-6-7-14-24/h2,4-5,11-12,19-21,24H,3,6-10,13-18H2,1H3,(H,29,30,31). The van der Waals surface area contributed by atoms with Crippen molar-refractivity contribution >= 4 is 17.0 Å². The summed E-state index contributed by atoms with van der Waals surface area (Å²) in [6.07, 6.45) is 11.4. The van der Waals surface area contributed by atoms with Crippen molar-refractivity contribution in [2.24, 2.45) is 0 Å². The predicted octanol–water partition coefficient (Wildman–Crippen LogP) is 5.35. The van der Waals surface area contributed by atoms with Crippen LogP contribution in [0.4, 0.5) is 5.95 Å². The number of hydrogen-bond acceptors (Lipinski definition) is 5. The van der Waals surface area contributed by atoms with E-state index in [-0.39, 0.29) is 17.5 Å². The van der Waals surface area contributed by atoms with Crippen LogP contribution in [-0.2, 0) is 0 Å². The maximum atomic E-state index is 13.8. The summed E-state index contributed by atoms with van der Waals surface area (Å²) < 4.78 is 1.98. The summed E-state index contributed by atoms with van der Waals surface area (Å²) in [7, 11) is 0. The zero-order chi connectivity index (χ0) is 23.3. The maximum absolute atomic E-state index is 13.8. The number of hydrogen-bond donors (Lipinski definition) is 1. The normalized spacial score (nSPS) is 18.4. The Morgan fingerprint density at radius 1 is 1.06 bits per heavy atom. The van der Waals surface area contributed by atoms with E-state index in [0.29, 0.717) is 5.95 Å². The first kappa shape index (κ1) is 23.0. The van der Waals surface area contributed by atoms with Gasteiger partial charge in [0.2, 0.25) is 5.95 Å². The molecule has 3 heterocycles. The third kappa shape index (κ3) is 5.02. The SMILES string of the molecule is CC(c1ccccc1)c1cc2cnc(NCCCN3CCCCC3)nc2n(C2CCCC2)c1=O. The van der Waals surface area contributed by atoms with Gasteiger partial charge in [0.1, 0.15) is 5.65 Å². The Hall–Kier alpha value is -2.73. The lowest BCUT2D eigenvalue weighted by atomic mass is 9.93. The minimum absolute atomic E-state index is 0.0262. The molecule has 1 aliphatic heterocycles. The molecule has 1 atom stereocenters. The van der Waals surface area contributed by atoms with E-state index in [1.165, 1.54) is 45.2 Å². The third-order valence-corrected chi connectivity index (χ3v) is 7.64. The maximum Gasteiger partial charge on any atom is 0.256 e. The fourth-order valence-electron chi connectivity index (χ4n) is 5.65. The highest BCUT2D eigenvalue weighted by Crippen LogP contribution is 2.32. The molecule has 6 nitrogen and oxygen atoms in total. The van der Waals surface area contributed by atoms with Gasteiger partial charge in [0.05, 0.1) is 0 Å². The molecule has 1 N–H and O–H groups in total. The van der Waals surface area contributed by atoms with Gasteiger partial charge in [-0.1, -0.05) is 56.5 Å². The summed E-state index contributed by atoms with van der Waals surface area (Å²) in [5, 5.41) is 4.36. The van der Waals surface area contributed by atoms with Crippen molar-refractivity contribution in [2.45, 2.75) is 70.3 Å². The van der Waals surface area contributed by atoms with Gasteiger partial charge in [0.15, 0.2) is 0 Å². The van der Waals surface area contributed by atoms with Crippen molar-refractivity contribution in [3.05, 3.63) is 64.1 Å². The molecular formula is C28H37N5O. The number of pyridine rings is 1. The molecule has 2 aliphatic rings. The first-order valence-corrected chi connectivity index (χ1v) is 13.1. The summed E-state index contributed by atoms with van der Waals surface area (Å²) >= 11 is 0. The molecule has 5 rings (SSSR count). The molecule has 0 spiro atoms. The number of fused-ring (bicyclic) bond motifs is 1. The minimum atomic E-state index is 0.0262. The van der Waals surface area contributed by atoms with Crippen LogP contribution < -0.4 is 10.9 Å². The summed E-state index contributed by atoms with van der Waals surface area (Å²) in [5.41, 5.74) is 2.86. The number of piperidine rings is 1. The molecule has 1 aliphatic carbocycles. The van der Waals surface area contributed by atoms with Gasteiger partial charge in [-0.05, 0) is 63.4 Å². The molecule has 3 aromatic rings. The second kappa shape index (κ2) is 10.7. The monoisotopic (exact) mass is 459 g/mol. The predicted molar refractivity (Wildman–Crippen MR) is 139 cm³/mol. The average molecular weight is 460 g/mol. The van der Waals surface area contributed by atoms with Crippen molar-refractivity contribution in [3.8, 4) is 0 Å². The molecule has 6 heteroatoms. The molecule has 2 fully saturated rings. The fourth-order valence-corrected chi connectivity index (χ4v) is 5.65. The second-order valence-electron chi connectivity index (χ2n) is 10.0. The van der Waals surface area contributed by atoms with Gasteiger partial charge in [-0.2, -0.15) is 4.98 Å². The van der Waals surface area contributed by atoms with Crippen LogP contribution in [-0.4, -0.2) is 45.6 Å². The summed E-state index contributed by atoms with van der Waals surface area (Å²) in [4.78, 5) is 25.8. The van der Waals surface area contributed by atoms with Gasteiger partial charge in [0, 0.05) is 35.7 Å². The van der Waals surface area contributed by atoms with Crippen molar-refractivity contribution < 1.29 is 0 Å². The van der Waals surface area contributed by atoms with Crippen molar-refractivity contribution in [3.63, 3.8) is 0 Å². The van der Waals surface area contributed by atoms with E-state index in [1.54, 1.807) is 0 Å². The summed E-state index contributed by atoms with van der Waals surface area (Å²) in [6.45, 7) is 6.54. The van der Waals surface area contributed by atoms with Gasteiger partial charge in [-0.3, -0.25) is 9.36 Å². The number of benzene rings is 1. The fraction of sp³-hybridized carbons (Fsp3) is 0.536. The van der Waals surface area contributed by atoms with Crippen LogP contribution in [0.2, 0.25) is 0 Å². The smallest absolute Gasteiger partial charge is 0.256 e. The number of rotatable bonds is 8. The average Bonchev–Trinajstić information content (AvgIpc) is 3.41. The van der Waals surface area contributed by atoms with Crippen molar-refractivity contribution in [1.82, 2.24) is 19.4 Å². The highest BCUT2D eigenvalue weighted by atomic mass is 16.1. The van der Waals surface area contributed by atoms with Crippen LogP contribution >= 0.6 is 0 Å². The van der Waals surface area contributed by atoms with E-state index in [4.69, 9.17) is 4.98 Å². The lowest BCUT2D eigenvalue weighted by Gasteiger charge is -2.26.